The normalized spacial score (nSPS) is 25.0. The number of likely N-dealkylation sites (tertiary alicyclic amines) is 2. The summed E-state index contributed by atoms with van der Waals surface area (Å²) >= 11 is 0. The first-order chi connectivity index (χ1) is 11.7. The zero-order valence-corrected chi connectivity index (χ0v) is 15.0. The van der Waals surface area contributed by atoms with Gasteiger partial charge in [0.05, 0.1) is 13.7 Å². The molecule has 2 atom stereocenters. The van der Waals surface area contributed by atoms with Crippen LogP contribution in [0.5, 0.6) is 5.75 Å². The molecule has 0 radical (unpaired) electrons. The van der Waals surface area contributed by atoms with Crippen LogP contribution in [0.3, 0.4) is 0 Å². The minimum atomic E-state index is 0.316. The number of piperidine rings is 1. The van der Waals surface area contributed by atoms with Gasteiger partial charge >= 0.3 is 0 Å². The fraction of sp³-hybridized carbons (Fsp3) is 0.650. The maximum absolute atomic E-state index is 12.9. The molecule has 4 heteroatoms. The highest BCUT2D eigenvalue weighted by molar-refractivity contribution is 5.78. The average Bonchev–Trinajstić information content (AvgIpc) is 3.09. The van der Waals surface area contributed by atoms with Crippen LogP contribution in [0.25, 0.3) is 0 Å². The SMILES string of the molecule is CC[C@H]1CCCCN1C(=O)CN1CCC[C@@H]1c1cccc(OC)c1. The molecule has 0 aliphatic carbocycles. The van der Waals surface area contributed by atoms with E-state index in [0.717, 1.165) is 44.5 Å². The lowest BCUT2D eigenvalue weighted by molar-refractivity contribution is -0.136. The van der Waals surface area contributed by atoms with Crippen molar-refractivity contribution in [3.63, 3.8) is 0 Å². The molecule has 0 spiro atoms. The van der Waals surface area contributed by atoms with Crippen molar-refractivity contribution in [3.8, 4) is 5.75 Å². The highest BCUT2D eigenvalue weighted by Crippen LogP contribution is 2.33. The first kappa shape index (κ1) is 17.3. The monoisotopic (exact) mass is 330 g/mol. The molecule has 0 bridgehead atoms. The number of carbonyl (C=O) groups excluding carboxylic acids is 1. The van der Waals surface area contributed by atoms with Gasteiger partial charge in [-0.25, -0.2) is 0 Å². The maximum atomic E-state index is 12.9. The summed E-state index contributed by atoms with van der Waals surface area (Å²) in [5, 5.41) is 0. The average molecular weight is 330 g/mol. The Bertz CT molecular complexity index is 560. The van der Waals surface area contributed by atoms with Gasteiger partial charge in [-0.05, 0) is 62.8 Å². The molecule has 24 heavy (non-hydrogen) atoms. The standard InChI is InChI=1S/C20H30N2O2/c1-3-17-9-4-5-13-22(17)20(23)15-21-12-7-11-19(21)16-8-6-10-18(14-16)24-2/h6,8,10,14,17,19H,3-5,7,9,11-13,15H2,1-2H3/t17-,19+/m0/s1. The van der Waals surface area contributed by atoms with Crippen molar-refractivity contribution in [3.05, 3.63) is 29.8 Å². The zero-order valence-electron chi connectivity index (χ0n) is 15.0. The molecular weight excluding hydrogens is 300 g/mol. The second-order valence-electron chi connectivity index (χ2n) is 7.05. The van der Waals surface area contributed by atoms with Gasteiger partial charge < -0.3 is 9.64 Å². The van der Waals surface area contributed by atoms with E-state index in [1.165, 1.54) is 18.4 Å². The first-order valence-corrected chi connectivity index (χ1v) is 9.40. The minimum absolute atomic E-state index is 0.316. The number of carbonyl (C=O) groups is 1. The number of amides is 1. The number of rotatable bonds is 5. The Hall–Kier alpha value is -1.55. The van der Waals surface area contributed by atoms with Crippen molar-refractivity contribution in [1.29, 1.82) is 0 Å². The molecule has 0 unspecified atom stereocenters. The van der Waals surface area contributed by atoms with E-state index in [0.29, 0.717) is 24.5 Å². The second kappa shape index (κ2) is 8.02. The highest BCUT2D eigenvalue weighted by Gasteiger charge is 2.31. The van der Waals surface area contributed by atoms with E-state index in [1.54, 1.807) is 7.11 Å². The van der Waals surface area contributed by atoms with E-state index in [-0.39, 0.29) is 0 Å². The third kappa shape index (κ3) is 3.75. The van der Waals surface area contributed by atoms with Gasteiger partial charge in [-0.15, -0.1) is 0 Å². The van der Waals surface area contributed by atoms with Crippen LogP contribution in [0.1, 0.15) is 57.1 Å². The van der Waals surface area contributed by atoms with Crippen molar-refractivity contribution >= 4 is 5.91 Å². The molecule has 0 saturated carbocycles. The Morgan fingerprint density at radius 3 is 2.88 bits per heavy atom. The topological polar surface area (TPSA) is 32.8 Å². The number of nitrogens with zero attached hydrogens (tertiary/aromatic N) is 2. The van der Waals surface area contributed by atoms with Crippen LogP contribution >= 0.6 is 0 Å². The summed E-state index contributed by atoms with van der Waals surface area (Å²) in [6, 6.07) is 9.09. The summed E-state index contributed by atoms with van der Waals surface area (Å²) in [5.74, 6) is 1.21. The van der Waals surface area contributed by atoms with Crippen LogP contribution in [0.2, 0.25) is 0 Å². The van der Waals surface area contributed by atoms with E-state index >= 15 is 0 Å². The summed E-state index contributed by atoms with van der Waals surface area (Å²) in [5.41, 5.74) is 1.27. The largest absolute Gasteiger partial charge is 0.497 e. The van der Waals surface area contributed by atoms with Crippen LogP contribution in [0.15, 0.2) is 24.3 Å². The first-order valence-electron chi connectivity index (χ1n) is 9.40. The van der Waals surface area contributed by atoms with Gasteiger partial charge in [0.15, 0.2) is 0 Å². The predicted octanol–water partition coefficient (Wildman–Crippen LogP) is 3.62. The Morgan fingerprint density at radius 2 is 2.08 bits per heavy atom. The van der Waals surface area contributed by atoms with E-state index in [9.17, 15) is 4.79 Å². The molecule has 0 aromatic heterocycles. The summed E-state index contributed by atoms with van der Waals surface area (Å²) in [6.07, 6.45) is 6.94. The number of hydrogen-bond acceptors (Lipinski definition) is 3. The van der Waals surface area contributed by atoms with Crippen molar-refractivity contribution < 1.29 is 9.53 Å². The van der Waals surface area contributed by atoms with E-state index < -0.39 is 0 Å². The Kier molecular flexibility index (Phi) is 5.77. The molecule has 1 aromatic carbocycles. The Labute approximate surface area is 145 Å². The van der Waals surface area contributed by atoms with Crippen LogP contribution in [-0.4, -0.2) is 48.5 Å². The van der Waals surface area contributed by atoms with E-state index in [2.05, 4.69) is 28.9 Å². The Morgan fingerprint density at radius 1 is 1.21 bits per heavy atom. The molecule has 2 fully saturated rings. The van der Waals surface area contributed by atoms with Gasteiger partial charge in [-0.2, -0.15) is 0 Å². The molecule has 1 aromatic rings. The molecule has 4 nitrogen and oxygen atoms in total. The van der Waals surface area contributed by atoms with Gasteiger partial charge in [0.25, 0.3) is 0 Å². The molecule has 1 amide bonds. The lowest BCUT2D eigenvalue weighted by Crippen LogP contribution is -2.47. The molecule has 2 heterocycles. The predicted molar refractivity (Wildman–Crippen MR) is 96.2 cm³/mol. The van der Waals surface area contributed by atoms with Gasteiger partial charge in [-0.3, -0.25) is 9.69 Å². The fourth-order valence-corrected chi connectivity index (χ4v) is 4.26. The molecule has 132 valence electrons. The summed E-state index contributed by atoms with van der Waals surface area (Å²) < 4.78 is 5.36. The van der Waals surface area contributed by atoms with E-state index in [4.69, 9.17) is 4.74 Å². The quantitative estimate of drug-likeness (QED) is 0.826. The molecule has 2 aliphatic heterocycles. The van der Waals surface area contributed by atoms with Crippen LogP contribution in [0, 0.1) is 0 Å². The van der Waals surface area contributed by atoms with Crippen molar-refractivity contribution in [1.82, 2.24) is 9.80 Å². The third-order valence-electron chi connectivity index (χ3n) is 5.60. The zero-order chi connectivity index (χ0) is 16.9. The van der Waals surface area contributed by atoms with Gasteiger partial charge in [0, 0.05) is 18.6 Å². The number of methoxy groups -OCH3 is 1. The third-order valence-corrected chi connectivity index (χ3v) is 5.60. The smallest absolute Gasteiger partial charge is 0.237 e. The molecule has 0 N–H and O–H groups in total. The maximum Gasteiger partial charge on any atom is 0.237 e. The molecule has 2 saturated heterocycles. The van der Waals surface area contributed by atoms with Crippen molar-refractivity contribution in [2.24, 2.45) is 0 Å². The molecule has 2 aliphatic rings. The highest BCUT2D eigenvalue weighted by atomic mass is 16.5. The number of benzene rings is 1. The Balaban J connectivity index is 1.68. The van der Waals surface area contributed by atoms with Crippen LogP contribution in [-0.2, 0) is 4.79 Å². The van der Waals surface area contributed by atoms with Crippen LogP contribution in [0.4, 0.5) is 0 Å². The van der Waals surface area contributed by atoms with Gasteiger partial charge in [0.1, 0.15) is 5.75 Å². The fourth-order valence-electron chi connectivity index (χ4n) is 4.26. The van der Waals surface area contributed by atoms with Crippen LogP contribution < -0.4 is 4.74 Å². The number of ether oxygens (including phenoxy) is 1. The summed E-state index contributed by atoms with van der Waals surface area (Å²) in [4.78, 5) is 17.4. The van der Waals surface area contributed by atoms with Gasteiger partial charge in [0.2, 0.25) is 5.91 Å². The lowest BCUT2D eigenvalue weighted by Gasteiger charge is -2.37. The minimum Gasteiger partial charge on any atom is -0.497 e. The second-order valence-corrected chi connectivity index (χ2v) is 7.05. The lowest BCUT2D eigenvalue weighted by atomic mass is 10.00. The molecular formula is C20H30N2O2. The van der Waals surface area contributed by atoms with Crippen molar-refractivity contribution in [2.75, 3.05) is 26.7 Å². The summed E-state index contributed by atoms with van der Waals surface area (Å²) in [7, 11) is 1.70. The van der Waals surface area contributed by atoms with Gasteiger partial charge in [-0.1, -0.05) is 19.1 Å². The van der Waals surface area contributed by atoms with E-state index in [1.807, 2.05) is 12.1 Å². The molecule has 3 rings (SSSR count). The summed E-state index contributed by atoms with van der Waals surface area (Å²) in [6.45, 7) is 4.71. The number of hydrogen-bond donors (Lipinski definition) is 0. The van der Waals surface area contributed by atoms with Crippen molar-refractivity contribution in [2.45, 2.75) is 57.5 Å².